The van der Waals surface area contributed by atoms with E-state index < -0.39 is 9.84 Å². The van der Waals surface area contributed by atoms with Crippen molar-refractivity contribution in [3.05, 3.63) is 35.4 Å². The number of hydrogen-bond donors (Lipinski definition) is 1. The summed E-state index contributed by atoms with van der Waals surface area (Å²) in [7, 11) is -2.96. The molecule has 0 radical (unpaired) electrons. The molecule has 1 fully saturated rings. The van der Waals surface area contributed by atoms with Crippen molar-refractivity contribution in [3.8, 4) is 6.07 Å². The summed E-state index contributed by atoms with van der Waals surface area (Å²) in [5.74, 6) is 0.395. The highest BCUT2D eigenvalue weighted by Crippen LogP contribution is 2.18. The van der Waals surface area contributed by atoms with Gasteiger partial charge in [-0.3, -0.25) is 0 Å². The molecule has 1 heterocycles. The Bertz CT molecular complexity index is 529. The van der Waals surface area contributed by atoms with Gasteiger partial charge < -0.3 is 5.32 Å². The number of benzene rings is 1. The molecule has 1 N–H and O–H groups in total. The summed E-state index contributed by atoms with van der Waals surface area (Å²) in [6.45, 7) is 0.712. The molecular formula is C12H14N2O2S. The molecule has 17 heavy (non-hydrogen) atoms. The van der Waals surface area contributed by atoms with Gasteiger partial charge in [-0.05, 0) is 30.7 Å². The van der Waals surface area contributed by atoms with Crippen LogP contribution in [0.1, 0.15) is 23.6 Å². The van der Waals surface area contributed by atoms with E-state index in [1.165, 1.54) is 0 Å². The first kappa shape index (κ1) is 12.1. The van der Waals surface area contributed by atoms with Crippen LogP contribution < -0.4 is 5.32 Å². The summed E-state index contributed by atoms with van der Waals surface area (Å²) in [6, 6.07) is 8.96. The molecule has 1 aliphatic rings. The normalized spacial score (nSPS) is 23.6. The predicted molar refractivity (Wildman–Crippen MR) is 65.2 cm³/mol. The molecule has 1 aliphatic heterocycles. The van der Waals surface area contributed by atoms with Crippen molar-refractivity contribution in [2.45, 2.75) is 12.5 Å². The van der Waals surface area contributed by atoms with Crippen molar-refractivity contribution in [2.75, 3.05) is 18.1 Å². The molecule has 0 aromatic heterocycles. The molecule has 1 unspecified atom stereocenters. The van der Waals surface area contributed by atoms with Crippen LogP contribution in [0.2, 0.25) is 0 Å². The number of rotatable bonds is 1. The van der Waals surface area contributed by atoms with E-state index in [1.54, 1.807) is 12.1 Å². The van der Waals surface area contributed by atoms with E-state index in [0.717, 1.165) is 5.56 Å². The van der Waals surface area contributed by atoms with Crippen molar-refractivity contribution >= 4 is 9.84 Å². The van der Waals surface area contributed by atoms with E-state index in [4.69, 9.17) is 5.26 Å². The molecule has 90 valence electrons. The smallest absolute Gasteiger partial charge is 0.152 e. The van der Waals surface area contributed by atoms with Crippen LogP contribution in [0.25, 0.3) is 0 Å². The Morgan fingerprint density at radius 1 is 1.29 bits per heavy atom. The molecule has 1 aromatic rings. The van der Waals surface area contributed by atoms with Crippen LogP contribution in [0.3, 0.4) is 0 Å². The van der Waals surface area contributed by atoms with E-state index in [0.29, 0.717) is 18.5 Å². The zero-order valence-corrected chi connectivity index (χ0v) is 10.2. The van der Waals surface area contributed by atoms with Crippen LogP contribution in [0.4, 0.5) is 0 Å². The lowest BCUT2D eigenvalue weighted by molar-refractivity contribution is 0.572. The largest absolute Gasteiger partial charge is 0.309 e. The minimum absolute atomic E-state index is 0.138. The van der Waals surface area contributed by atoms with E-state index >= 15 is 0 Å². The quantitative estimate of drug-likeness (QED) is 0.807. The number of sulfone groups is 1. The molecule has 0 amide bonds. The number of nitriles is 1. The van der Waals surface area contributed by atoms with Gasteiger partial charge in [0.05, 0.1) is 23.1 Å². The SMILES string of the molecule is N#Cc1ccc(C2CS(=O)(=O)CCCN2)cc1. The van der Waals surface area contributed by atoms with E-state index in [2.05, 4.69) is 5.32 Å². The molecule has 5 heteroatoms. The van der Waals surface area contributed by atoms with Crippen molar-refractivity contribution in [2.24, 2.45) is 0 Å². The minimum Gasteiger partial charge on any atom is -0.309 e. The highest BCUT2D eigenvalue weighted by atomic mass is 32.2. The standard InChI is InChI=1S/C12H14N2O2S/c13-8-10-2-4-11(5-3-10)12-9-17(15,16)7-1-6-14-12/h2-5,12,14H,1,6-7,9H2. The first-order chi connectivity index (χ1) is 8.11. The van der Waals surface area contributed by atoms with Crippen molar-refractivity contribution in [1.29, 1.82) is 5.26 Å². The number of nitrogens with one attached hydrogen (secondary N) is 1. The summed E-state index contributed by atoms with van der Waals surface area (Å²) < 4.78 is 23.4. The topological polar surface area (TPSA) is 70.0 Å². The third-order valence-electron chi connectivity index (χ3n) is 2.89. The van der Waals surface area contributed by atoms with Gasteiger partial charge in [0.2, 0.25) is 0 Å². The molecular weight excluding hydrogens is 236 g/mol. The van der Waals surface area contributed by atoms with E-state index in [1.807, 2.05) is 18.2 Å². The first-order valence-electron chi connectivity index (χ1n) is 5.54. The lowest BCUT2D eigenvalue weighted by Gasteiger charge is -2.15. The van der Waals surface area contributed by atoms with Crippen LogP contribution in [0, 0.1) is 11.3 Å². The summed E-state index contributed by atoms with van der Waals surface area (Å²) in [4.78, 5) is 0. The second-order valence-electron chi connectivity index (χ2n) is 4.21. The first-order valence-corrected chi connectivity index (χ1v) is 7.37. The van der Waals surface area contributed by atoms with Crippen molar-refractivity contribution < 1.29 is 8.42 Å². The molecule has 0 aliphatic carbocycles. The Kier molecular flexibility index (Phi) is 3.46. The van der Waals surface area contributed by atoms with Gasteiger partial charge in [0, 0.05) is 6.04 Å². The van der Waals surface area contributed by atoms with Gasteiger partial charge in [-0.2, -0.15) is 5.26 Å². The van der Waals surface area contributed by atoms with Crippen LogP contribution in [0.15, 0.2) is 24.3 Å². The van der Waals surface area contributed by atoms with Crippen molar-refractivity contribution in [3.63, 3.8) is 0 Å². The minimum atomic E-state index is -2.96. The molecule has 0 bridgehead atoms. The molecule has 4 nitrogen and oxygen atoms in total. The average Bonchev–Trinajstić information content (AvgIpc) is 2.50. The molecule has 1 atom stereocenters. The van der Waals surface area contributed by atoms with Crippen LogP contribution >= 0.6 is 0 Å². The maximum atomic E-state index is 11.7. The fourth-order valence-corrected chi connectivity index (χ4v) is 3.54. The van der Waals surface area contributed by atoms with Gasteiger partial charge >= 0.3 is 0 Å². The Morgan fingerprint density at radius 3 is 2.65 bits per heavy atom. The van der Waals surface area contributed by atoms with Crippen LogP contribution in [-0.2, 0) is 9.84 Å². The number of hydrogen-bond acceptors (Lipinski definition) is 4. The maximum Gasteiger partial charge on any atom is 0.152 e. The predicted octanol–water partition coefficient (Wildman–Crippen LogP) is 1.01. The maximum absolute atomic E-state index is 11.7. The third kappa shape index (κ3) is 3.05. The Balaban J connectivity index is 2.23. The average molecular weight is 250 g/mol. The monoisotopic (exact) mass is 250 g/mol. The van der Waals surface area contributed by atoms with Gasteiger partial charge in [0.25, 0.3) is 0 Å². The lowest BCUT2D eigenvalue weighted by atomic mass is 10.1. The fourth-order valence-electron chi connectivity index (χ4n) is 1.97. The Hall–Kier alpha value is -1.38. The highest BCUT2D eigenvalue weighted by Gasteiger charge is 2.23. The lowest BCUT2D eigenvalue weighted by Crippen LogP contribution is -2.25. The molecule has 0 saturated carbocycles. The number of nitrogens with zero attached hydrogens (tertiary/aromatic N) is 1. The molecule has 1 saturated heterocycles. The van der Waals surface area contributed by atoms with Crippen molar-refractivity contribution in [1.82, 2.24) is 5.32 Å². The van der Waals surface area contributed by atoms with Gasteiger partial charge in [0.1, 0.15) is 0 Å². The van der Waals surface area contributed by atoms with Gasteiger partial charge in [0.15, 0.2) is 9.84 Å². The van der Waals surface area contributed by atoms with Gasteiger partial charge in [-0.1, -0.05) is 12.1 Å². The molecule has 2 rings (SSSR count). The van der Waals surface area contributed by atoms with Crippen LogP contribution in [-0.4, -0.2) is 26.5 Å². The third-order valence-corrected chi connectivity index (χ3v) is 4.64. The second-order valence-corrected chi connectivity index (χ2v) is 6.44. The van der Waals surface area contributed by atoms with Gasteiger partial charge in [-0.25, -0.2) is 8.42 Å². The second kappa shape index (κ2) is 4.86. The fraction of sp³-hybridized carbons (Fsp3) is 0.417. The summed E-state index contributed by atoms with van der Waals surface area (Å²) in [6.07, 6.45) is 0.662. The van der Waals surface area contributed by atoms with E-state index in [9.17, 15) is 8.42 Å². The Labute approximate surface area is 101 Å². The summed E-state index contributed by atoms with van der Waals surface area (Å²) in [5, 5.41) is 11.9. The van der Waals surface area contributed by atoms with Gasteiger partial charge in [-0.15, -0.1) is 0 Å². The summed E-state index contributed by atoms with van der Waals surface area (Å²) in [5.41, 5.74) is 1.51. The zero-order valence-electron chi connectivity index (χ0n) is 9.39. The van der Waals surface area contributed by atoms with Crippen LogP contribution in [0.5, 0.6) is 0 Å². The highest BCUT2D eigenvalue weighted by molar-refractivity contribution is 7.91. The Morgan fingerprint density at radius 2 is 2.00 bits per heavy atom. The zero-order chi connectivity index (χ0) is 12.3. The summed E-state index contributed by atoms with van der Waals surface area (Å²) >= 11 is 0. The molecule has 0 spiro atoms. The van der Waals surface area contributed by atoms with E-state index in [-0.39, 0.29) is 17.5 Å². The molecule has 1 aromatic carbocycles.